The van der Waals surface area contributed by atoms with E-state index in [-0.39, 0.29) is 17.2 Å². The van der Waals surface area contributed by atoms with Gasteiger partial charge in [0.05, 0.1) is 17.3 Å². The molecule has 0 unspecified atom stereocenters. The number of ether oxygens (including phenoxy) is 2. The lowest BCUT2D eigenvalue weighted by molar-refractivity contribution is -0.149. The van der Waals surface area contributed by atoms with E-state index in [1.165, 1.54) is 0 Å². The fourth-order valence-corrected chi connectivity index (χ4v) is 6.43. The maximum atomic E-state index is 6.81. The monoisotopic (exact) mass is 394 g/mol. The quantitative estimate of drug-likeness (QED) is 0.366. The van der Waals surface area contributed by atoms with E-state index in [2.05, 4.69) is 47.7 Å². The molecule has 1 heterocycles. The molecule has 0 aliphatic carbocycles. The summed E-state index contributed by atoms with van der Waals surface area (Å²) >= 11 is 4.05. The first-order valence-corrected chi connectivity index (χ1v) is 14.1. The van der Waals surface area contributed by atoms with E-state index >= 15 is 0 Å². The van der Waals surface area contributed by atoms with Crippen molar-refractivity contribution in [2.75, 3.05) is 18.1 Å². The van der Waals surface area contributed by atoms with Crippen LogP contribution in [0.4, 0.5) is 0 Å². The van der Waals surface area contributed by atoms with E-state index in [0.717, 1.165) is 17.9 Å². The Labute approximate surface area is 159 Å². The molecule has 1 saturated heterocycles. The second kappa shape index (κ2) is 9.13. The van der Waals surface area contributed by atoms with Crippen LogP contribution in [-0.2, 0) is 13.9 Å². The van der Waals surface area contributed by atoms with Crippen LogP contribution < -0.4 is 0 Å². The maximum Gasteiger partial charge on any atom is 0.192 e. The molecule has 0 aromatic rings. The highest BCUT2D eigenvalue weighted by molar-refractivity contribution is 8.16. The van der Waals surface area contributed by atoms with Crippen LogP contribution in [0, 0.1) is 0 Å². The summed E-state index contributed by atoms with van der Waals surface area (Å²) < 4.78 is 19.4. The molecule has 6 heteroatoms. The van der Waals surface area contributed by atoms with Crippen molar-refractivity contribution in [3.8, 4) is 0 Å². The molecule has 0 saturated carbocycles. The van der Waals surface area contributed by atoms with E-state index in [4.69, 9.17) is 13.9 Å². The summed E-state index contributed by atoms with van der Waals surface area (Å²) in [6, 6.07) is 0. The molecule has 144 valence electrons. The molecule has 1 aliphatic heterocycles. The predicted octanol–water partition coefficient (Wildman–Crippen LogP) is 5.75. The lowest BCUT2D eigenvalue weighted by Crippen LogP contribution is -2.48. The second-order valence-electron chi connectivity index (χ2n) is 8.36. The van der Waals surface area contributed by atoms with Crippen molar-refractivity contribution in [2.24, 2.45) is 0 Å². The summed E-state index contributed by atoms with van der Waals surface area (Å²) in [6.45, 7) is 20.6. The Hall–Kier alpha value is 0.797. The summed E-state index contributed by atoms with van der Waals surface area (Å²) in [5, 5.41) is 0.200. The van der Waals surface area contributed by atoms with E-state index < -0.39 is 14.1 Å². The highest BCUT2D eigenvalue weighted by Gasteiger charge is 2.45. The van der Waals surface area contributed by atoms with Crippen LogP contribution in [0.25, 0.3) is 0 Å². The molecule has 3 nitrogen and oxygen atoms in total. The molecule has 0 radical (unpaired) electrons. The Bertz CT molecular complexity index is 377. The van der Waals surface area contributed by atoms with Crippen LogP contribution in [-0.4, -0.2) is 49.0 Å². The average molecular weight is 395 g/mol. The van der Waals surface area contributed by atoms with Crippen LogP contribution in [0.2, 0.25) is 18.1 Å². The molecule has 1 rings (SSSR count). The van der Waals surface area contributed by atoms with Gasteiger partial charge in [-0.1, -0.05) is 34.6 Å². The van der Waals surface area contributed by atoms with Gasteiger partial charge in [-0.3, -0.25) is 0 Å². The third kappa shape index (κ3) is 6.84. The zero-order chi connectivity index (χ0) is 18.6. The summed E-state index contributed by atoms with van der Waals surface area (Å²) in [5.74, 6) is 1.78. The Morgan fingerprint density at radius 3 is 2.08 bits per heavy atom. The first-order chi connectivity index (χ1) is 10.9. The van der Waals surface area contributed by atoms with E-state index in [9.17, 15) is 0 Å². The molecular weight excluding hydrogens is 356 g/mol. The highest BCUT2D eigenvalue weighted by Crippen LogP contribution is 2.41. The smallest absolute Gasteiger partial charge is 0.192 e. The molecule has 2 atom stereocenters. The summed E-state index contributed by atoms with van der Waals surface area (Å²) in [4.78, 5) is 0. The van der Waals surface area contributed by atoms with E-state index in [1.807, 2.05) is 37.4 Å². The van der Waals surface area contributed by atoms with E-state index in [1.54, 1.807) is 0 Å². The Morgan fingerprint density at radius 2 is 1.71 bits per heavy atom. The topological polar surface area (TPSA) is 27.7 Å². The van der Waals surface area contributed by atoms with Gasteiger partial charge in [0, 0.05) is 0 Å². The van der Waals surface area contributed by atoms with Gasteiger partial charge in [-0.2, -0.15) is 0 Å². The minimum atomic E-state index is -1.85. The lowest BCUT2D eigenvalue weighted by Gasteiger charge is -2.41. The van der Waals surface area contributed by atoms with Crippen molar-refractivity contribution in [3.05, 3.63) is 0 Å². The van der Waals surface area contributed by atoms with Crippen molar-refractivity contribution in [3.63, 3.8) is 0 Å². The molecule has 1 aliphatic rings. The molecular formula is C18H38O3S2Si. The van der Waals surface area contributed by atoms with Gasteiger partial charge < -0.3 is 13.9 Å². The fraction of sp³-hybridized carbons (Fsp3) is 1.00. The number of rotatable bonds is 9. The normalized spacial score (nSPS) is 23.0. The van der Waals surface area contributed by atoms with Gasteiger partial charge in [0.2, 0.25) is 0 Å². The van der Waals surface area contributed by atoms with Crippen molar-refractivity contribution < 1.29 is 13.9 Å². The van der Waals surface area contributed by atoms with Gasteiger partial charge >= 0.3 is 0 Å². The fourth-order valence-electron chi connectivity index (χ4n) is 2.48. The summed E-state index contributed by atoms with van der Waals surface area (Å²) in [6.07, 6.45) is 1.16. The van der Waals surface area contributed by atoms with Crippen molar-refractivity contribution >= 4 is 31.8 Å². The maximum absolute atomic E-state index is 6.81. The van der Waals surface area contributed by atoms with Gasteiger partial charge in [0.25, 0.3) is 0 Å². The molecule has 0 bridgehead atoms. The second-order valence-corrected chi connectivity index (χ2v) is 16.4. The standard InChI is InChI=1S/C18H38O3S2Si/c1-10-22-16(23-11-2)12-14(15-13-19-18(6,7)20-15)21-24(8,9)17(3,4)5/h14-16H,10-13H2,1-9H3/t14-,15+/m0/s1. The van der Waals surface area contributed by atoms with Crippen molar-refractivity contribution in [2.45, 2.75) is 95.6 Å². The van der Waals surface area contributed by atoms with Gasteiger partial charge in [0.1, 0.15) is 6.10 Å². The molecule has 24 heavy (non-hydrogen) atoms. The first-order valence-electron chi connectivity index (χ1n) is 9.14. The highest BCUT2D eigenvalue weighted by atomic mass is 32.2. The van der Waals surface area contributed by atoms with Crippen LogP contribution >= 0.6 is 23.5 Å². The van der Waals surface area contributed by atoms with Gasteiger partial charge in [-0.15, -0.1) is 23.5 Å². The Kier molecular flexibility index (Phi) is 8.69. The van der Waals surface area contributed by atoms with Crippen LogP contribution in [0.15, 0.2) is 0 Å². The predicted molar refractivity (Wildman–Crippen MR) is 112 cm³/mol. The molecule has 0 spiro atoms. The van der Waals surface area contributed by atoms with Crippen LogP contribution in [0.1, 0.15) is 54.9 Å². The summed E-state index contributed by atoms with van der Waals surface area (Å²) in [5.41, 5.74) is 0. The zero-order valence-corrected chi connectivity index (χ0v) is 19.7. The minimum absolute atomic E-state index is 0.0338. The molecule has 0 aromatic carbocycles. The molecule has 0 N–H and O–H groups in total. The van der Waals surface area contributed by atoms with E-state index in [0.29, 0.717) is 11.2 Å². The van der Waals surface area contributed by atoms with Gasteiger partial charge in [-0.05, 0) is 49.9 Å². The number of thioether (sulfide) groups is 2. The third-order valence-corrected chi connectivity index (χ3v) is 11.9. The minimum Gasteiger partial charge on any atom is -0.411 e. The Morgan fingerprint density at radius 1 is 1.17 bits per heavy atom. The third-order valence-electron chi connectivity index (χ3n) is 4.83. The van der Waals surface area contributed by atoms with Gasteiger partial charge in [-0.25, -0.2) is 0 Å². The average Bonchev–Trinajstić information content (AvgIpc) is 2.77. The van der Waals surface area contributed by atoms with Crippen molar-refractivity contribution in [1.29, 1.82) is 0 Å². The largest absolute Gasteiger partial charge is 0.411 e. The van der Waals surface area contributed by atoms with Crippen LogP contribution in [0.3, 0.4) is 0 Å². The molecule has 0 aromatic heterocycles. The van der Waals surface area contributed by atoms with Crippen molar-refractivity contribution in [1.82, 2.24) is 0 Å². The molecule has 1 fully saturated rings. The molecule has 0 amide bonds. The Balaban J connectivity index is 2.90. The first kappa shape index (κ1) is 22.8. The number of hydrogen-bond acceptors (Lipinski definition) is 5. The SMILES string of the molecule is CCSC(C[C@H](O[Si](C)(C)C(C)(C)C)[C@H]1COC(C)(C)O1)SCC. The zero-order valence-electron chi connectivity index (χ0n) is 17.1. The number of hydrogen-bond donors (Lipinski definition) is 0. The lowest BCUT2D eigenvalue weighted by atomic mass is 10.1. The van der Waals surface area contributed by atoms with Gasteiger partial charge in [0.15, 0.2) is 14.1 Å². The summed E-state index contributed by atoms with van der Waals surface area (Å²) in [7, 11) is -1.85. The van der Waals surface area contributed by atoms with Crippen LogP contribution in [0.5, 0.6) is 0 Å².